The van der Waals surface area contributed by atoms with Crippen LogP contribution in [0.15, 0.2) is 29.8 Å². The Hall–Kier alpha value is -1.72. The summed E-state index contributed by atoms with van der Waals surface area (Å²) in [6.07, 6.45) is 4.21. The topological polar surface area (TPSA) is 53.6 Å². The van der Waals surface area contributed by atoms with Crippen LogP contribution in [0.2, 0.25) is 0 Å². The van der Waals surface area contributed by atoms with Gasteiger partial charge in [0.2, 0.25) is 0 Å². The van der Waals surface area contributed by atoms with Crippen LogP contribution in [0.5, 0.6) is 0 Å². The number of hydrogen-bond acceptors (Lipinski definition) is 4. The molecule has 1 aromatic rings. The van der Waals surface area contributed by atoms with E-state index in [-0.39, 0.29) is 0 Å². The first-order valence-corrected chi connectivity index (χ1v) is 7.88. The van der Waals surface area contributed by atoms with Crippen molar-refractivity contribution in [1.29, 1.82) is 0 Å². The number of rotatable bonds is 2. The minimum atomic E-state index is 0.542. The minimum Gasteiger partial charge on any atom is -0.342 e. The van der Waals surface area contributed by atoms with Crippen LogP contribution in [0.25, 0.3) is 22.0 Å². The zero-order valence-corrected chi connectivity index (χ0v) is 11.9. The molecule has 0 aromatic carbocycles. The summed E-state index contributed by atoms with van der Waals surface area (Å²) in [5.74, 6) is 1.64. The number of nitrogens with zero attached hydrogens (tertiary/aromatic N) is 2. The van der Waals surface area contributed by atoms with Crippen molar-refractivity contribution in [2.45, 2.75) is 18.8 Å². The van der Waals surface area contributed by atoms with E-state index in [1.165, 1.54) is 4.88 Å². The number of H-pyrrole nitrogens is 1. The molecule has 4 heterocycles. The van der Waals surface area contributed by atoms with Crippen molar-refractivity contribution in [3.8, 4) is 22.0 Å². The van der Waals surface area contributed by atoms with E-state index >= 15 is 0 Å². The first-order chi connectivity index (χ1) is 9.90. The molecule has 1 aromatic heterocycles. The number of thiophene rings is 1. The van der Waals surface area contributed by atoms with Crippen LogP contribution in [0.3, 0.4) is 0 Å². The van der Waals surface area contributed by atoms with E-state index < -0.39 is 0 Å². The predicted molar refractivity (Wildman–Crippen MR) is 81.2 cm³/mol. The number of hydrogen-bond donors (Lipinski definition) is 2. The van der Waals surface area contributed by atoms with Gasteiger partial charge in [0.1, 0.15) is 11.5 Å². The van der Waals surface area contributed by atoms with Crippen molar-refractivity contribution in [1.82, 2.24) is 20.3 Å². The van der Waals surface area contributed by atoms with Crippen LogP contribution in [0, 0.1) is 0 Å². The highest BCUT2D eigenvalue weighted by atomic mass is 32.1. The molecule has 20 heavy (non-hydrogen) atoms. The van der Waals surface area contributed by atoms with Crippen LogP contribution in [0.1, 0.15) is 24.6 Å². The summed E-state index contributed by atoms with van der Waals surface area (Å²) >= 11 is 1.72. The van der Waals surface area contributed by atoms with Crippen molar-refractivity contribution < 1.29 is 0 Å². The van der Waals surface area contributed by atoms with Crippen LogP contribution in [0.4, 0.5) is 0 Å². The SMILES string of the molecule is c1csc(-c2cc3[nH]c(C4CCNCC4)ncc-3n2)c1. The number of piperidine rings is 1. The maximum absolute atomic E-state index is 4.65. The third-order valence-corrected chi connectivity index (χ3v) is 4.78. The van der Waals surface area contributed by atoms with Crippen LogP contribution in [-0.4, -0.2) is 28.0 Å². The van der Waals surface area contributed by atoms with Crippen molar-refractivity contribution in [2.75, 3.05) is 13.1 Å². The molecule has 102 valence electrons. The normalized spacial score (nSPS) is 16.8. The molecule has 0 radical (unpaired) electrons. The lowest BCUT2D eigenvalue weighted by atomic mass is 9.97. The molecule has 0 amide bonds. The van der Waals surface area contributed by atoms with E-state index in [0.717, 1.165) is 48.8 Å². The summed E-state index contributed by atoms with van der Waals surface area (Å²) in [4.78, 5) is 13.9. The predicted octanol–water partition coefficient (Wildman–Crippen LogP) is 3.11. The third kappa shape index (κ3) is 2.13. The first kappa shape index (κ1) is 12.1. The average Bonchev–Trinajstić information content (AvgIpc) is 3.16. The molecule has 0 aliphatic carbocycles. The Morgan fingerprint density at radius 1 is 1.20 bits per heavy atom. The Balaban J connectivity index is 1.71. The summed E-state index contributed by atoms with van der Waals surface area (Å²) in [5, 5.41) is 5.47. The fraction of sp³-hybridized carbons (Fsp3) is 0.333. The Kier molecular flexibility index (Phi) is 3.01. The number of aromatic amines is 1. The molecule has 4 nitrogen and oxygen atoms in total. The van der Waals surface area contributed by atoms with Crippen LogP contribution in [-0.2, 0) is 0 Å². The zero-order chi connectivity index (χ0) is 13.4. The van der Waals surface area contributed by atoms with Gasteiger partial charge in [0, 0.05) is 5.92 Å². The van der Waals surface area contributed by atoms with E-state index in [0.29, 0.717) is 5.92 Å². The third-order valence-electron chi connectivity index (χ3n) is 3.89. The second-order valence-corrected chi connectivity index (χ2v) is 6.16. The van der Waals surface area contributed by atoms with Gasteiger partial charge in [-0.3, -0.25) is 0 Å². The van der Waals surface area contributed by atoms with Crippen molar-refractivity contribution in [3.63, 3.8) is 0 Å². The van der Waals surface area contributed by atoms with Crippen LogP contribution >= 0.6 is 11.3 Å². The molecule has 1 saturated heterocycles. The van der Waals surface area contributed by atoms with E-state index in [2.05, 4.69) is 43.8 Å². The Bertz CT molecular complexity index is 667. The van der Waals surface area contributed by atoms with Gasteiger partial charge in [0.05, 0.1) is 22.5 Å². The highest BCUT2D eigenvalue weighted by Gasteiger charge is 2.19. The minimum absolute atomic E-state index is 0.542. The van der Waals surface area contributed by atoms with E-state index in [1.807, 2.05) is 6.20 Å². The van der Waals surface area contributed by atoms with Gasteiger partial charge in [0.15, 0.2) is 0 Å². The molecule has 3 aliphatic heterocycles. The fourth-order valence-electron chi connectivity index (χ4n) is 2.79. The molecular weight excluding hydrogens is 268 g/mol. The number of aromatic nitrogens is 3. The molecule has 0 spiro atoms. The zero-order valence-electron chi connectivity index (χ0n) is 11.1. The van der Waals surface area contributed by atoms with Gasteiger partial charge in [-0.15, -0.1) is 11.3 Å². The lowest BCUT2D eigenvalue weighted by Gasteiger charge is -2.22. The quantitative estimate of drug-likeness (QED) is 0.760. The van der Waals surface area contributed by atoms with Crippen molar-refractivity contribution >= 4 is 11.3 Å². The van der Waals surface area contributed by atoms with Crippen molar-refractivity contribution in [3.05, 3.63) is 35.6 Å². The second kappa shape index (κ2) is 5.00. The van der Waals surface area contributed by atoms with Gasteiger partial charge in [-0.05, 0) is 43.4 Å². The van der Waals surface area contributed by atoms with E-state index in [4.69, 9.17) is 0 Å². The molecule has 0 unspecified atom stereocenters. The summed E-state index contributed by atoms with van der Waals surface area (Å²) < 4.78 is 0. The molecule has 5 heteroatoms. The lowest BCUT2D eigenvalue weighted by Crippen LogP contribution is -2.27. The van der Waals surface area contributed by atoms with E-state index in [1.54, 1.807) is 11.3 Å². The van der Waals surface area contributed by atoms with Crippen LogP contribution < -0.4 is 5.32 Å². The lowest BCUT2D eigenvalue weighted by molar-refractivity contribution is 0.445. The number of nitrogens with one attached hydrogen (secondary N) is 2. The van der Waals surface area contributed by atoms with Gasteiger partial charge in [-0.1, -0.05) is 6.07 Å². The summed E-state index contributed by atoms with van der Waals surface area (Å²) in [5.41, 5.74) is 3.08. The molecule has 3 aliphatic rings. The monoisotopic (exact) mass is 284 g/mol. The van der Waals surface area contributed by atoms with Gasteiger partial charge >= 0.3 is 0 Å². The maximum atomic E-state index is 4.65. The number of fused-ring (bicyclic) bond motifs is 1. The molecular formula is C15H16N4S. The Labute approximate surface area is 121 Å². The highest BCUT2D eigenvalue weighted by Crippen LogP contribution is 2.31. The van der Waals surface area contributed by atoms with Crippen molar-refractivity contribution in [2.24, 2.45) is 0 Å². The van der Waals surface area contributed by atoms with E-state index in [9.17, 15) is 0 Å². The molecule has 0 atom stereocenters. The first-order valence-electron chi connectivity index (χ1n) is 7.00. The Morgan fingerprint density at radius 2 is 2.10 bits per heavy atom. The molecule has 4 rings (SSSR count). The highest BCUT2D eigenvalue weighted by molar-refractivity contribution is 7.13. The van der Waals surface area contributed by atoms with Gasteiger partial charge in [-0.25, -0.2) is 9.97 Å². The summed E-state index contributed by atoms with van der Waals surface area (Å²) in [6.45, 7) is 2.16. The average molecular weight is 284 g/mol. The molecule has 2 N–H and O–H groups in total. The largest absolute Gasteiger partial charge is 0.342 e. The van der Waals surface area contributed by atoms with Gasteiger partial charge in [0.25, 0.3) is 0 Å². The summed E-state index contributed by atoms with van der Waals surface area (Å²) in [7, 11) is 0. The second-order valence-electron chi connectivity index (χ2n) is 5.21. The van der Waals surface area contributed by atoms with Gasteiger partial charge in [-0.2, -0.15) is 0 Å². The smallest absolute Gasteiger partial charge is 0.109 e. The standard InChI is InChI=1S/C15H16N4S/c1-2-14(20-7-1)12-8-11-13(18-12)9-17-15(19-11)10-3-5-16-6-4-10/h1-2,7-10,16H,3-6H2,(H,17,19). The molecule has 1 fully saturated rings. The molecule has 0 saturated carbocycles. The summed E-state index contributed by atoms with van der Waals surface area (Å²) in [6, 6.07) is 6.29. The molecule has 0 bridgehead atoms. The van der Waals surface area contributed by atoms with Gasteiger partial charge < -0.3 is 10.3 Å². The fourth-order valence-corrected chi connectivity index (χ4v) is 3.47. The Morgan fingerprint density at radius 3 is 2.90 bits per heavy atom. The maximum Gasteiger partial charge on any atom is 0.109 e.